The minimum absolute atomic E-state index is 0.280. The maximum Gasteiger partial charge on any atom is 0.341 e. The molecule has 1 aromatic rings. The van der Waals surface area contributed by atoms with E-state index in [0.29, 0.717) is 24.6 Å². The Hall–Kier alpha value is -1.40. The SMILES string of the molecule is CCOC(=O)c1cnn(C)c1CN1CCC(N)C(C)C1. The Labute approximate surface area is 119 Å². The van der Waals surface area contributed by atoms with Gasteiger partial charge in [-0.3, -0.25) is 9.58 Å². The van der Waals surface area contributed by atoms with Crippen molar-refractivity contribution in [3.05, 3.63) is 17.5 Å². The summed E-state index contributed by atoms with van der Waals surface area (Å²) in [6.07, 6.45) is 2.58. The van der Waals surface area contributed by atoms with E-state index in [-0.39, 0.29) is 12.0 Å². The van der Waals surface area contributed by atoms with Crippen LogP contribution in [0.2, 0.25) is 0 Å². The van der Waals surface area contributed by atoms with Crippen molar-refractivity contribution in [3.8, 4) is 0 Å². The molecule has 1 aliphatic rings. The summed E-state index contributed by atoms with van der Waals surface area (Å²) >= 11 is 0. The molecule has 20 heavy (non-hydrogen) atoms. The molecule has 0 bridgehead atoms. The van der Waals surface area contributed by atoms with Crippen LogP contribution >= 0.6 is 0 Å². The minimum Gasteiger partial charge on any atom is -0.462 e. The number of carbonyl (C=O) groups is 1. The summed E-state index contributed by atoms with van der Waals surface area (Å²) in [5.74, 6) is 0.181. The van der Waals surface area contributed by atoms with E-state index in [2.05, 4.69) is 16.9 Å². The lowest BCUT2D eigenvalue weighted by atomic mass is 9.94. The molecule has 0 aromatic carbocycles. The van der Waals surface area contributed by atoms with Gasteiger partial charge in [0.15, 0.2) is 0 Å². The lowest BCUT2D eigenvalue weighted by Crippen LogP contribution is -2.45. The smallest absolute Gasteiger partial charge is 0.341 e. The van der Waals surface area contributed by atoms with E-state index in [0.717, 1.165) is 25.2 Å². The van der Waals surface area contributed by atoms with Gasteiger partial charge in [-0.1, -0.05) is 6.92 Å². The molecule has 1 aromatic heterocycles. The molecule has 0 amide bonds. The summed E-state index contributed by atoms with van der Waals surface area (Å²) in [6, 6.07) is 0.280. The molecule has 112 valence electrons. The third-order valence-electron chi connectivity index (χ3n) is 3.99. The number of carbonyl (C=O) groups excluding carboxylic acids is 1. The van der Waals surface area contributed by atoms with Gasteiger partial charge in [0, 0.05) is 32.7 Å². The monoisotopic (exact) mass is 280 g/mol. The van der Waals surface area contributed by atoms with Crippen molar-refractivity contribution in [2.75, 3.05) is 19.7 Å². The summed E-state index contributed by atoms with van der Waals surface area (Å²) in [6.45, 7) is 6.98. The molecule has 0 spiro atoms. The van der Waals surface area contributed by atoms with Crippen molar-refractivity contribution in [3.63, 3.8) is 0 Å². The first-order chi connectivity index (χ1) is 9.52. The van der Waals surface area contributed by atoms with Crippen molar-refractivity contribution >= 4 is 5.97 Å². The number of ether oxygens (including phenoxy) is 1. The van der Waals surface area contributed by atoms with E-state index in [4.69, 9.17) is 10.5 Å². The summed E-state index contributed by atoms with van der Waals surface area (Å²) in [7, 11) is 1.86. The highest BCUT2D eigenvalue weighted by molar-refractivity contribution is 5.90. The second kappa shape index (κ2) is 6.37. The zero-order chi connectivity index (χ0) is 14.7. The van der Waals surface area contributed by atoms with Crippen LogP contribution in [0.4, 0.5) is 0 Å². The van der Waals surface area contributed by atoms with Crippen LogP contribution in [0.5, 0.6) is 0 Å². The first kappa shape index (κ1) is 15.0. The second-order valence-electron chi connectivity index (χ2n) is 5.51. The van der Waals surface area contributed by atoms with Crippen LogP contribution in [0.3, 0.4) is 0 Å². The van der Waals surface area contributed by atoms with Gasteiger partial charge in [-0.25, -0.2) is 4.79 Å². The number of likely N-dealkylation sites (tertiary alicyclic amines) is 1. The molecular formula is C14H24N4O2. The zero-order valence-electron chi connectivity index (χ0n) is 12.5. The zero-order valence-corrected chi connectivity index (χ0v) is 12.5. The number of aryl methyl sites for hydroxylation is 1. The fourth-order valence-electron chi connectivity index (χ4n) is 2.64. The van der Waals surface area contributed by atoms with Gasteiger partial charge in [-0.05, 0) is 19.3 Å². The lowest BCUT2D eigenvalue weighted by molar-refractivity contribution is 0.0522. The highest BCUT2D eigenvalue weighted by Gasteiger charge is 2.25. The quantitative estimate of drug-likeness (QED) is 0.825. The van der Waals surface area contributed by atoms with Crippen LogP contribution in [0.1, 0.15) is 36.3 Å². The molecule has 2 rings (SSSR count). The van der Waals surface area contributed by atoms with E-state index in [1.54, 1.807) is 10.9 Å². The molecule has 6 nitrogen and oxygen atoms in total. The Morgan fingerprint density at radius 3 is 3.00 bits per heavy atom. The summed E-state index contributed by atoms with van der Waals surface area (Å²) in [5, 5.41) is 4.18. The van der Waals surface area contributed by atoms with Gasteiger partial charge >= 0.3 is 5.97 Å². The average molecular weight is 280 g/mol. The molecule has 2 unspecified atom stereocenters. The Morgan fingerprint density at radius 2 is 2.35 bits per heavy atom. The highest BCUT2D eigenvalue weighted by Crippen LogP contribution is 2.19. The Bertz CT molecular complexity index is 472. The van der Waals surface area contributed by atoms with E-state index in [9.17, 15) is 4.79 Å². The molecule has 1 fully saturated rings. The number of nitrogens with zero attached hydrogens (tertiary/aromatic N) is 3. The largest absolute Gasteiger partial charge is 0.462 e. The summed E-state index contributed by atoms with van der Waals surface area (Å²) in [5.41, 5.74) is 7.52. The van der Waals surface area contributed by atoms with Crippen molar-refractivity contribution in [2.45, 2.75) is 32.9 Å². The van der Waals surface area contributed by atoms with Crippen LogP contribution in [-0.4, -0.2) is 46.4 Å². The normalized spacial score (nSPS) is 23.8. The number of aromatic nitrogens is 2. The molecule has 0 saturated carbocycles. The average Bonchev–Trinajstić information content (AvgIpc) is 2.76. The van der Waals surface area contributed by atoms with E-state index < -0.39 is 0 Å². The van der Waals surface area contributed by atoms with Gasteiger partial charge in [0.05, 0.1) is 18.5 Å². The molecule has 0 radical (unpaired) electrons. The van der Waals surface area contributed by atoms with Crippen LogP contribution in [0.25, 0.3) is 0 Å². The number of hydrogen-bond acceptors (Lipinski definition) is 5. The number of nitrogens with two attached hydrogens (primary N) is 1. The van der Waals surface area contributed by atoms with Gasteiger partial charge in [0.2, 0.25) is 0 Å². The van der Waals surface area contributed by atoms with Gasteiger partial charge < -0.3 is 10.5 Å². The third kappa shape index (κ3) is 3.19. The summed E-state index contributed by atoms with van der Waals surface area (Å²) < 4.78 is 6.83. The first-order valence-electron chi connectivity index (χ1n) is 7.18. The molecule has 6 heteroatoms. The molecule has 2 heterocycles. The predicted octanol–water partition coefficient (Wildman–Crippen LogP) is 0.766. The number of piperidine rings is 1. The van der Waals surface area contributed by atoms with Crippen molar-refractivity contribution < 1.29 is 9.53 Å². The van der Waals surface area contributed by atoms with Crippen molar-refractivity contribution in [1.82, 2.24) is 14.7 Å². The lowest BCUT2D eigenvalue weighted by Gasteiger charge is -2.35. The van der Waals surface area contributed by atoms with Gasteiger partial charge in [0.1, 0.15) is 5.56 Å². The number of esters is 1. The fourth-order valence-corrected chi connectivity index (χ4v) is 2.64. The van der Waals surface area contributed by atoms with Gasteiger partial charge in [-0.15, -0.1) is 0 Å². The molecule has 1 aliphatic heterocycles. The molecule has 0 aliphatic carbocycles. The number of hydrogen-bond donors (Lipinski definition) is 1. The van der Waals surface area contributed by atoms with E-state index in [1.165, 1.54) is 0 Å². The highest BCUT2D eigenvalue weighted by atomic mass is 16.5. The van der Waals surface area contributed by atoms with E-state index in [1.807, 2.05) is 14.0 Å². The van der Waals surface area contributed by atoms with Crippen LogP contribution < -0.4 is 5.73 Å². The Balaban J connectivity index is 2.09. The number of rotatable bonds is 4. The van der Waals surface area contributed by atoms with Crippen LogP contribution in [-0.2, 0) is 18.3 Å². The van der Waals surface area contributed by atoms with Crippen LogP contribution in [0, 0.1) is 5.92 Å². The third-order valence-corrected chi connectivity index (χ3v) is 3.99. The standard InChI is InChI=1S/C14H24N4O2/c1-4-20-14(19)11-7-16-17(3)13(11)9-18-6-5-12(15)10(2)8-18/h7,10,12H,4-6,8-9,15H2,1-3H3. The van der Waals surface area contributed by atoms with Crippen molar-refractivity contribution in [1.29, 1.82) is 0 Å². The molecule has 2 atom stereocenters. The molecule has 1 saturated heterocycles. The minimum atomic E-state index is -0.294. The maximum absolute atomic E-state index is 11.9. The van der Waals surface area contributed by atoms with Crippen molar-refractivity contribution in [2.24, 2.45) is 18.7 Å². The van der Waals surface area contributed by atoms with Gasteiger partial charge in [0.25, 0.3) is 0 Å². The topological polar surface area (TPSA) is 73.4 Å². The van der Waals surface area contributed by atoms with E-state index >= 15 is 0 Å². The summed E-state index contributed by atoms with van der Waals surface area (Å²) in [4.78, 5) is 14.2. The Kier molecular flexibility index (Phi) is 4.77. The van der Waals surface area contributed by atoms with Crippen LogP contribution in [0.15, 0.2) is 6.20 Å². The predicted molar refractivity (Wildman–Crippen MR) is 76.2 cm³/mol. The fraction of sp³-hybridized carbons (Fsp3) is 0.714. The Morgan fingerprint density at radius 1 is 1.60 bits per heavy atom. The van der Waals surface area contributed by atoms with Gasteiger partial charge in [-0.2, -0.15) is 5.10 Å². The second-order valence-corrected chi connectivity index (χ2v) is 5.51. The molecular weight excluding hydrogens is 256 g/mol. The maximum atomic E-state index is 11.9. The first-order valence-corrected chi connectivity index (χ1v) is 7.18. The molecule has 2 N–H and O–H groups in total.